The fraction of sp³-hybridized carbons (Fsp3) is 0.190. The number of hydrogen-bond acceptors (Lipinski definition) is 15. The second kappa shape index (κ2) is 68.7. The molecule has 8 N–H and O–H groups in total. The number of aliphatic hydroxyl groups is 6. The molecule has 0 amide bonds. The summed E-state index contributed by atoms with van der Waals surface area (Å²) in [5.74, 6) is -2.38. The number of alkyl halides is 3. The molecule has 7 aromatic heterocycles. The number of aromatic carboxylic acids is 2. The van der Waals surface area contributed by atoms with E-state index in [9.17, 15) is 27.2 Å². The van der Waals surface area contributed by atoms with E-state index in [1.54, 1.807) is 90.5 Å². The van der Waals surface area contributed by atoms with Crippen molar-refractivity contribution >= 4 is 33.6 Å². The van der Waals surface area contributed by atoms with Gasteiger partial charge in [0.1, 0.15) is 5.69 Å². The summed E-state index contributed by atoms with van der Waals surface area (Å²) in [6.07, 6.45) is 6.84. The zero-order valence-electron chi connectivity index (χ0n) is 70.4. The first-order valence-corrected chi connectivity index (χ1v) is 38.4. The van der Waals surface area contributed by atoms with Crippen molar-refractivity contribution in [1.82, 2.24) is 34.9 Å². The molecule has 0 saturated carbocycles. The Balaban J connectivity index is 0. The van der Waals surface area contributed by atoms with E-state index < -0.39 is 29.5 Å². The van der Waals surface area contributed by atoms with E-state index in [0.29, 0.717) is 30.5 Å². The number of halogens is 4. The van der Waals surface area contributed by atoms with Gasteiger partial charge in [0.05, 0.1) is 42.2 Å². The molecule has 17 nitrogen and oxygen atoms in total. The van der Waals surface area contributed by atoms with Crippen LogP contribution in [0.25, 0.3) is 66.7 Å². The van der Waals surface area contributed by atoms with Gasteiger partial charge in [0.2, 0.25) is 5.97 Å². The molecule has 682 valence electrons. The van der Waals surface area contributed by atoms with Crippen LogP contribution in [0.4, 0.5) is 17.6 Å². The van der Waals surface area contributed by atoms with E-state index in [1.165, 1.54) is 58.4 Å². The largest absolute Gasteiger partial charge is 0.521 e. The van der Waals surface area contributed by atoms with Crippen LogP contribution in [0.5, 0.6) is 0 Å². The van der Waals surface area contributed by atoms with Gasteiger partial charge >= 0.3 is 12.1 Å². The molecule has 7 heterocycles. The van der Waals surface area contributed by atoms with E-state index in [4.69, 9.17) is 40.9 Å². The van der Waals surface area contributed by atoms with Crippen LogP contribution >= 0.6 is 0 Å². The number of rotatable bonds is 14. The number of aryl methyl sites for hydroxylation is 2. The summed E-state index contributed by atoms with van der Waals surface area (Å²) in [7, 11) is 0. The van der Waals surface area contributed by atoms with Crippen molar-refractivity contribution in [2.24, 2.45) is 0 Å². The van der Waals surface area contributed by atoms with Crippen LogP contribution in [-0.4, -0.2) is 124 Å². The monoisotopic (exact) mass is 2520 g/mol. The molecule has 15 aromatic rings. The van der Waals surface area contributed by atoms with Crippen molar-refractivity contribution in [3.63, 3.8) is 0 Å². The number of benzene rings is 8. The molecule has 127 heavy (non-hydrogen) atoms. The number of pyridine rings is 7. The number of carbonyl (C=O) groups is 2. The molecule has 0 spiro atoms. The minimum absolute atomic E-state index is 0. The fourth-order valence-corrected chi connectivity index (χ4v) is 10.5. The summed E-state index contributed by atoms with van der Waals surface area (Å²) in [5, 5.41) is 71.5. The molecule has 27 heteroatoms. The van der Waals surface area contributed by atoms with Crippen molar-refractivity contribution in [3.8, 4) is 45.0 Å². The van der Waals surface area contributed by atoms with Crippen molar-refractivity contribution in [2.45, 2.75) is 124 Å². The van der Waals surface area contributed by atoms with Crippen LogP contribution in [0, 0.1) is 62.1 Å². The van der Waals surface area contributed by atoms with Gasteiger partial charge in [0.15, 0.2) is 0 Å². The Bertz CT molecular complexity index is 4940. The Morgan fingerprint density at radius 3 is 1.19 bits per heavy atom. The van der Waals surface area contributed by atoms with Crippen LogP contribution < -0.4 is 0 Å². The smallest absolute Gasteiger partial charge is 0.417 e. The molecule has 6 unspecified atom stereocenters. The van der Waals surface area contributed by atoms with Gasteiger partial charge in [-0.25, -0.2) is 9.78 Å². The first-order chi connectivity index (χ1) is 58.0. The van der Waals surface area contributed by atoms with Gasteiger partial charge in [0.25, 0.3) is 0 Å². The molecular formula is C100H98F4Ir3N7O10Rh3-7. The Morgan fingerprint density at radius 1 is 0.386 bits per heavy atom. The summed E-state index contributed by atoms with van der Waals surface area (Å²) < 4.78 is 49.5. The molecule has 6 radical (unpaired) electrons. The maximum Gasteiger partial charge on any atom is 0.417 e. The summed E-state index contributed by atoms with van der Waals surface area (Å²) >= 11 is 0. The van der Waals surface area contributed by atoms with Crippen molar-refractivity contribution in [2.75, 3.05) is 0 Å². The van der Waals surface area contributed by atoms with E-state index >= 15 is 0 Å². The number of nitrogens with zero attached hydrogens (tertiary/aromatic N) is 7. The normalized spacial score (nSPS) is 11.1. The number of fused-ring (bicyclic) bond motifs is 3. The Hall–Kier alpha value is -9.43. The van der Waals surface area contributed by atoms with Gasteiger partial charge in [-0.05, 0) is 149 Å². The predicted molar refractivity (Wildman–Crippen MR) is 466 cm³/mol. The van der Waals surface area contributed by atoms with Crippen LogP contribution in [0.3, 0.4) is 0 Å². The predicted octanol–water partition coefficient (Wildman–Crippen LogP) is 20.0. The summed E-state index contributed by atoms with van der Waals surface area (Å²) in [6.45, 7) is 14.1. The van der Waals surface area contributed by atoms with Crippen LogP contribution in [-0.2, 0) is 131 Å². The standard InChI is InChI=1S/C13H8N.C13H12N.C12H6F4N.C12H10N.2C11H8N.C7H5O2.C6H5NO2.3C5H12O2.3Ir.3Rh/c1-2-6-12-10(4-1)7-8-11-5-3-9-14-13(11)12;1-10-7-11(2)9-12(8-10)13-5-3-4-6-14-13;13-10-4-1-8(2-5-10)11-6-3-9(7-17-11)12(14,15)16;1-2-6-11(7-3-1)10-12-8-4-5-9-13-12;2*1-2-6-10(7-3-1)11-8-4-5-9-12-11;8-7(9)6-4-2-1-3-5-6;8-6(9)5-3-1-2-4-7-5;3*1-4(6)3-5(2)7;;;;;;/h1-5,7-9H;3-8H,1-2H3;1,3-7H;1-6,8-9H,10H2;2*1-6,8-9H;2*1-4H,(H,8,9);3*4-7H,3H2,1-2H3;;;;;;/q7*-1;;;;;;;;;;. The van der Waals surface area contributed by atoms with Gasteiger partial charge in [-0.15, -0.1) is 202 Å². The third-order valence-corrected chi connectivity index (χ3v) is 15.7. The second-order valence-electron chi connectivity index (χ2n) is 26.9. The van der Waals surface area contributed by atoms with Gasteiger partial charge in [-0.3, -0.25) is 9.37 Å². The number of aromatic nitrogens is 7. The van der Waals surface area contributed by atoms with Gasteiger partial charge in [0, 0.05) is 174 Å². The average Bonchev–Trinajstić information content (AvgIpc) is 0.804. The Labute approximate surface area is 820 Å². The Kier molecular flexibility index (Phi) is 64.7. The first kappa shape index (κ1) is 120. The zero-order chi connectivity index (χ0) is 88.2. The zero-order valence-corrected chi connectivity index (χ0v) is 82.5. The average molecular weight is 2520 g/mol. The van der Waals surface area contributed by atoms with Crippen molar-refractivity contribution < 1.29 is 187 Å². The molecule has 0 aliphatic carbocycles. The third-order valence-electron chi connectivity index (χ3n) is 15.7. The molecule has 8 aromatic carbocycles. The van der Waals surface area contributed by atoms with E-state index in [1.807, 2.05) is 170 Å². The molecular weight excluding hydrogens is 2420 g/mol. The molecule has 6 atom stereocenters. The summed E-state index contributed by atoms with van der Waals surface area (Å²) in [4.78, 5) is 48.9. The summed E-state index contributed by atoms with van der Waals surface area (Å²) in [5.41, 5.74) is 12.0. The minimum atomic E-state index is -4.40. The number of aliphatic hydroxyl groups excluding tert-OH is 6. The quantitative estimate of drug-likeness (QED) is 0.0217. The molecule has 0 bridgehead atoms. The SMILES string of the molecule is CC(O)CC(C)O.CC(O)CC(C)O.CC(O)CC(C)O.Cc1[c-]c(-c2ccccn2)cc(C)c1.Fc1c[c-]c(-c2ccc(C(F)(F)F)cn2)cc1.O=C(O)c1[c-]cccc1.O=C(O)c1ccccn1.[Ir].[Ir].[Ir].[Rh].[Rh].[Rh].[c-]1cccc2ccc3cccnc3c12.[c-]1ccccc1-c1ccccn1.[c-]1ccccc1-c1ccccn1.[c-]1ccccc1Cc1ccccn1. The van der Waals surface area contributed by atoms with Gasteiger partial charge in [-0.1, -0.05) is 98.3 Å². The molecule has 0 aliphatic rings. The third kappa shape index (κ3) is 52.0. The van der Waals surface area contributed by atoms with Crippen LogP contribution in [0.2, 0.25) is 0 Å². The number of hydrogen-bond donors (Lipinski definition) is 8. The molecule has 15 rings (SSSR count). The van der Waals surface area contributed by atoms with E-state index in [0.717, 1.165) is 80.7 Å². The Morgan fingerprint density at radius 2 is 0.819 bits per heavy atom. The topological polar surface area (TPSA) is 286 Å². The summed E-state index contributed by atoms with van der Waals surface area (Å²) in [6, 6.07) is 104. The maximum absolute atomic E-state index is 12.6. The van der Waals surface area contributed by atoms with Gasteiger partial charge < -0.3 is 70.6 Å². The minimum Gasteiger partial charge on any atom is -0.521 e. The first-order valence-electron chi connectivity index (χ1n) is 38.4. The number of carboxylic acids is 2. The van der Waals surface area contributed by atoms with Crippen LogP contribution in [0.1, 0.15) is 110 Å². The number of carboxylic acid groups (broad SMARTS) is 2. The molecule has 0 aliphatic heterocycles. The maximum atomic E-state index is 12.6. The van der Waals surface area contributed by atoms with E-state index in [2.05, 4.69) is 134 Å². The van der Waals surface area contributed by atoms with Gasteiger partial charge in [-0.2, -0.15) is 49.1 Å². The van der Waals surface area contributed by atoms with Crippen molar-refractivity contribution in [1.29, 1.82) is 0 Å². The fourth-order valence-electron chi connectivity index (χ4n) is 10.5. The molecule has 0 saturated heterocycles. The second-order valence-corrected chi connectivity index (χ2v) is 26.9. The van der Waals surface area contributed by atoms with Crippen LogP contribution in [0.15, 0.2) is 316 Å². The molecule has 0 fully saturated rings. The van der Waals surface area contributed by atoms with E-state index in [-0.39, 0.29) is 167 Å². The van der Waals surface area contributed by atoms with Crippen molar-refractivity contribution in [3.05, 3.63) is 404 Å².